The van der Waals surface area contributed by atoms with Gasteiger partial charge in [0.05, 0.1) is 0 Å². The zero-order valence-electron chi connectivity index (χ0n) is 9.42. The van der Waals surface area contributed by atoms with Crippen LogP contribution >= 0.6 is 0 Å². The van der Waals surface area contributed by atoms with E-state index in [2.05, 4.69) is 16.0 Å². The van der Waals surface area contributed by atoms with E-state index in [1.54, 1.807) is 7.05 Å². The van der Waals surface area contributed by atoms with Crippen LogP contribution in [-0.4, -0.2) is 19.1 Å². The summed E-state index contributed by atoms with van der Waals surface area (Å²) in [5, 5.41) is 8.68. The first-order chi connectivity index (χ1) is 7.78. The Morgan fingerprint density at radius 2 is 1.81 bits per heavy atom. The smallest absolute Gasteiger partial charge is 0.318 e. The highest BCUT2D eigenvalue weighted by molar-refractivity contribution is 5.89. The Balaban J connectivity index is 1.90. The van der Waals surface area contributed by atoms with Crippen LogP contribution in [0, 0.1) is 0 Å². The number of carbonyl (C=O) groups excluding carboxylic acids is 1. The van der Waals surface area contributed by atoms with Crippen molar-refractivity contribution in [3.8, 4) is 0 Å². The first kappa shape index (κ1) is 10.8. The Hall–Kier alpha value is -1.71. The van der Waals surface area contributed by atoms with Crippen LogP contribution in [0.25, 0.3) is 0 Å². The fraction of sp³-hybridized carbons (Fsp3) is 0.417. The van der Waals surface area contributed by atoms with Crippen molar-refractivity contribution in [2.24, 2.45) is 0 Å². The summed E-state index contributed by atoms with van der Waals surface area (Å²) in [5.74, 6) is 0. The van der Waals surface area contributed by atoms with Gasteiger partial charge >= 0.3 is 6.03 Å². The second-order valence-corrected chi connectivity index (χ2v) is 4.05. The maximum absolute atomic E-state index is 11.1. The van der Waals surface area contributed by atoms with Crippen LogP contribution in [0.5, 0.6) is 0 Å². The molecule has 16 heavy (non-hydrogen) atoms. The molecule has 2 rings (SSSR count). The van der Waals surface area contributed by atoms with E-state index in [0.29, 0.717) is 6.04 Å². The minimum Gasteiger partial charge on any atom is -0.382 e. The van der Waals surface area contributed by atoms with Gasteiger partial charge in [0.25, 0.3) is 0 Å². The number of carbonyl (C=O) groups is 1. The van der Waals surface area contributed by atoms with Crippen LogP contribution in [-0.2, 0) is 0 Å². The number of benzene rings is 1. The van der Waals surface area contributed by atoms with Crippen molar-refractivity contribution in [3.63, 3.8) is 0 Å². The first-order valence-corrected chi connectivity index (χ1v) is 5.63. The molecule has 1 saturated carbocycles. The first-order valence-electron chi connectivity index (χ1n) is 5.63. The molecule has 3 N–H and O–H groups in total. The molecule has 1 aromatic carbocycles. The third-order valence-electron chi connectivity index (χ3n) is 2.85. The second kappa shape index (κ2) is 4.88. The molecule has 0 radical (unpaired) electrons. The monoisotopic (exact) mass is 219 g/mol. The molecular formula is C12H17N3O. The van der Waals surface area contributed by atoms with Crippen LogP contribution in [0.2, 0.25) is 0 Å². The predicted molar refractivity (Wildman–Crippen MR) is 65.8 cm³/mol. The molecular weight excluding hydrogens is 202 g/mol. The maximum Gasteiger partial charge on any atom is 0.318 e. The number of rotatable bonds is 3. The SMILES string of the molecule is CNC(=O)Nc1ccc(NC2CCC2)cc1. The Kier molecular flexibility index (Phi) is 3.29. The highest BCUT2D eigenvalue weighted by atomic mass is 16.2. The van der Waals surface area contributed by atoms with E-state index in [-0.39, 0.29) is 6.03 Å². The number of hydrogen-bond donors (Lipinski definition) is 3. The molecule has 1 aliphatic rings. The van der Waals surface area contributed by atoms with E-state index in [9.17, 15) is 4.79 Å². The van der Waals surface area contributed by atoms with E-state index in [1.165, 1.54) is 19.3 Å². The van der Waals surface area contributed by atoms with Gasteiger partial charge in [0.2, 0.25) is 0 Å². The maximum atomic E-state index is 11.1. The van der Waals surface area contributed by atoms with Crippen LogP contribution in [0.4, 0.5) is 16.2 Å². The summed E-state index contributed by atoms with van der Waals surface area (Å²) >= 11 is 0. The fourth-order valence-electron chi connectivity index (χ4n) is 1.63. The molecule has 0 aliphatic heterocycles. The van der Waals surface area contributed by atoms with E-state index in [4.69, 9.17) is 0 Å². The number of nitrogens with one attached hydrogen (secondary N) is 3. The molecule has 0 bridgehead atoms. The molecule has 0 atom stereocenters. The lowest BCUT2D eigenvalue weighted by atomic mass is 9.93. The molecule has 0 saturated heterocycles. The summed E-state index contributed by atoms with van der Waals surface area (Å²) in [5.41, 5.74) is 1.92. The summed E-state index contributed by atoms with van der Waals surface area (Å²) < 4.78 is 0. The van der Waals surface area contributed by atoms with Gasteiger partial charge in [-0.3, -0.25) is 0 Å². The number of amides is 2. The summed E-state index contributed by atoms with van der Waals surface area (Å²) in [4.78, 5) is 11.1. The highest BCUT2D eigenvalue weighted by Gasteiger charge is 2.16. The van der Waals surface area contributed by atoms with Gasteiger partial charge in [0.1, 0.15) is 0 Å². The molecule has 4 nitrogen and oxygen atoms in total. The van der Waals surface area contributed by atoms with Crippen LogP contribution in [0.3, 0.4) is 0 Å². The van der Waals surface area contributed by atoms with Crippen molar-refractivity contribution in [1.82, 2.24) is 5.32 Å². The number of anilines is 2. The average molecular weight is 219 g/mol. The topological polar surface area (TPSA) is 53.2 Å². The van der Waals surface area contributed by atoms with Crippen molar-refractivity contribution >= 4 is 17.4 Å². The zero-order chi connectivity index (χ0) is 11.4. The average Bonchev–Trinajstić information content (AvgIpc) is 2.25. The lowest BCUT2D eigenvalue weighted by Gasteiger charge is -2.27. The Morgan fingerprint density at radius 1 is 1.19 bits per heavy atom. The molecule has 4 heteroatoms. The van der Waals surface area contributed by atoms with Crippen molar-refractivity contribution in [3.05, 3.63) is 24.3 Å². The predicted octanol–water partition coefficient (Wildman–Crippen LogP) is 2.40. The Labute approximate surface area is 95.4 Å². The molecule has 0 heterocycles. The van der Waals surface area contributed by atoms with E-state index >= 15 is 0 Å². The largest absolute Gasteiger partial charge is 0.382 e. The van der Waals surface area contributed by atoms with Gasteiger partial charge in [0.15, 0.2) is 0 Å². The highest BCUT2D eigenvalue weighted by Crippen LogP contribution is 2.23. The molecule has 1 aliphatic carbocycles. The Morgan fingerprint density at radius 3 is 2.31 bits per heavy atom. The van der Waals surface area contributed by atoms with Crippen molar-refractivity contribution in [2.45, 2.75) is 25.3 Å². The quantitative estimate of drug-likeness (QED) is 0.731. The molecule has 0 spiro atoms. The van der Waals surface area contributed by atoms with E-state index in [0.717, 1.165) is 11.4 Å². The minimum atomic E-state index is -0.195. The van der Waals surface area contributed by atoms with Gasteiger partial charge in [-0.15, -0.1) is 0 Å². The lowest BCUT2D eigenvalue weighted by Crippen LogP contribution is -2.27. The zero-order valence-corrected chi connectivity index (χ0v) is 9.42. The van der Waals surface area contributed by atoms with Gasteiger partial charge in [-0.1, -0.05) is 0 Å². The normalized spacial score (nSPS) is 15.1. The van der Waals surface area contributed by atoms with Gasteiger partial charge in [-0.05, 0) is 43.5 Å². The number of hydrogen-bond acceptors (Lipinski definition) is 2. The standard InChI is InChI=1S/C12H17N3O/c1-13-12(16)15-11-7-5-10(6-8-11)14-9-3-2-4-9/h5-9,14H,2-4H2,1H3,(H2,13,15,16). The summed E-state index contributed by atoms with van der Waals surface area (Å²) in [6, 6.07) is 8.22. The lowest BCUT2D eigenvalue weighted by molar-refractivity contribution is 0.254. The third kappa shape index (κ3) is 2.66. The summed E-state index contributed by atoms with van der Waals surface area (Å²) in [6.45, 7) is 0. The Bertz CT molecular complexity index is 357. The van der Waals surface area contributed by atoms with Gasteiger partial charge < -0.3 is 16.0 Å². The molecule has 1 aromatic rings. The fourth-order valence-corrected chi connectivity index (χ4v) is 1.63. The second-order valence-electron chi connectivity index (χ2n) is 4.05. The summed E-state index contributed by atoms with van der Waals surface area (Å²) in [7, 11) is 1.60. The number of urea groups is 1. The van der Waals surface area contributed by atoms with Crippen molar-refractivity contribution < 1.29 is 4.79 Å². The third-order valence-corrected chi connectivity index (χ3v) is 2.85. The van der Waals surface area contributed by atoms with Crippen LogP contribution < -0.4 is 16.0 Å². The van der Waals surface area contributed by atoms with Gasteiger partial charge in [0, 0.05) is 24.5 Å². The van der Waals surface area contributed by atoms with E-state index < -0.39 is 0 Å². The van der Waals surface area contributed by atoms with Gasteiger partial charge in [-0.2, -0.15) is 0 Å². The van der Waals surface area contributed by atoms with E-state index in [1.807, 2.05) is 24.3 Å². The molecule has 1 fully saturated rings. The van der Waals surface area contributed by atoms with Crippen LogP contribution in [0.15, 0.2) is 24.3 Å². The molecule has 0 unspecified atom stereocenters. The summed E-state index contributed by atoms with van der Waals surface area (Å²) in [6.07, 6.45) is 3.85. The van der Waals surface area contributed by atoms with Crippen LogP contribution in [0.1, 0.15) is 19.3 Å². The van der Waals surface area contributed by atoms with Crippen molar-refractivity contribution in [2.75, 3.05) is 17.7 Å². The minimum absolute atomic E-state index is 0.195. The molecule has 2 amide bonds. The van der Waals surface area contributed by atoms with Crippen molar-refractivity contribution in [1.29, 1.82) is 0 Å². The van der Waals surface area contributed by atoms with Gasteiger partial charge in [-0.25, -0.2) is 4.79 Å². The molecule has 86 valence electrons. The molecule has 0 aromatic heterocycles.